The van der Waals surface area contributed by atoms with Crippen molar-refractivity contribution in [2.24, 2.45) is 16.7 Å². The Labute approximate surface area is 307 Å². The molecule has 4 aromatic carbocycles. The van der Waals surface area contributed by atoms with Crippen LogP contribution in [0, 0.1) is 10.1 Å². The largest absolute Gasteiger partial charge is 0.515 e. The topological polar surface area (TPSA) is 235 Å². The summed E-state index contributed by atoms with van der Waals surface area (Å²) in [5.41, 5.74) is 11.0. The number of hydrazone groups is 1. The molecule has 1 heterocycles. The van der Waals surface area contributed by atoms with Crippen molar-refractivity contribution in [3.63, 3.8) is 0 Å². The molecular formula is C36H35N7O11. The molecule has 4 N–H and O–H groups in total. The first-order valence-corrected chi connectivity index (χ1v) is 16.2. The lowest BCUT2D eigenvalue weighted by Crippen LogP contribution is -2.33. The van der Waals surface area contributed by atoms with Crippen molar-refractivity contribution >= 4 is 35.5 Å². The number of carbonyl (C=O) groups is 3. The number of ether oxygens (including phenoxy) is 5. The predicted molar refractivity (Wildman–Crippen MR) is 191 cm³/mol. The molecule has 1 aromatic heterocycles. The summed E-state index contributed by atoms with van der Waals surface area (Å²) in [6.45, 7) is 3.34. The van der Waals surface area contributed by atoms with Crippen LogP contribution < -0.4 is 21.1 Å². The highest BCUT2D eigenvalue weighted by atomic mass is 16.9. The fraction of sp³-hybridized carbons (Fsp3) is 0.194. The molecule has 5 rings (SSSR count). The molecule has 0 radical (unpaired) electrons. The van der Waals surface area contributed by atoms with Gasteiger partial charge in [0, 0.05) is 12.5 Å². The van der Waals surface area contributed by atoms with Crippen molar-refractivity contribution in [1.29, 1.82) is 0 Å². The first kappa shape index (κ1) is 38.0. The van der Waals surface area contributed by atoms with E-state index < -0.39 is 30.2 Å². The standard InChI is InChI=1S/C36H35N7O11/c1-3-49-35-39-31-10-6-9-30(34(45)53-23(2)51-22-44)32(31)41(35)19-24-11-15-26(16-12-24)28-7-4-5-8-29(28)33(37)40-42(38)21-50-36(46)54-27-17-13-25(14-18-27)20-52-43(47)48/h4-18,22-23H,3,19-21,38H2,1-2H3,(H2,37,40). The van der Waals surface area contributed by atoms with Gasteiger partial charge in [0.1, 0.15) is 12.4 Å². The highest BCUT2D eigenvalue weighted by Crippen LogP contribution is 2.29. The number of esters is 1. The molecule has 54 heavy (non-hydrogen) atoms. The summed E-state index contributed by atoms with van der Waals surface area (Å²) in [5.74, 6) is 5.42. The van der Waals surface area contributed by atoms with Crippen LogP contribution in [-0.4, -0.2) is 63.8 Å². The maximum absolute atomic E-state index is 13.1. The van der Waals surface area contributed by atoms with Gasteiger partial charge in [-0.05, 0) is 53.4 Å². The molecule has 1 unspecified atom stereocenters. The smallest absolute Gasteiger partial charge is 0.465 e. The third-order valence-electron chi connectivity index (χ3n) is 7.57. The normalized spacial score (nSPS) is 11.6. The molecule has 0 saturated heterocycles. The summed E-state index contributed by atoms with van der Waals surface area (Å²) in [6.07, 6.45) is -2.15. The van der Waals surface area contributed by atoms with Gasteiger partial charge in [0.05, 0.1) is 29.7 Å². The van der Waals surface area contributed by atoms with Gasteiger partial charge in [0.2, 0.25) is 6.29 Å². The second-order valence-electron chi connectivity index (χ2n) is 11.2. The van der Waals surface area contributed by atoms with Crippen LogP contribution in [-0.2, 0) is 37.0 Å². The summed E-state index contributed by atoms with van der Waals surface area (Å²) in [4.78, 5) is 55.2. The monoisotopic (exact) mass is 741 g/mol. The molecule has 1 atom stereocenters. The number of carbonyl (C=O) groups excluding carboxylic acids is 3. The molecule has 5 aromatic rings. The lowest BCUT2D eigenvalue weighted by atomic mass is 9.98. The summed E-state index contributed by atoms with van der Waals surface area (Å²) in [5, 5.41) is 14.4. The molecule has 0 amide bonds. The van der Waals surface area contributed by atoms with Gasteiger partial charge in [-0.2, -0.15) is 10.1 Å². The third kappa shape index (κ3) is 9.76. The van der Waals surface area contributed by atoms with E-state index in [0.29, 0.717) is 34.8 Å². The Kier molecular flexibility index (Phi) is 12.6. The zero-order chi connectivity index (χ0) is 38.6. The van der Waals surface area contributed by atoms with E-state index in [2.05, 4.69) is 14.9 Å². The van der Waals surface area contributed by atoms with Crippen molar-refractivity contribution in [2.45, 2.75) is 33.3 Å². The summed E-state index contributed by atoms with van der Waals surface area (Å²) >= 11 is 0. The number of para-hydroxylation sites is 1. The number of hydrogen-bond donors (Lipinski definition) is 2. The van der Waals surface area contributed by atoms with Gasteiger partial charge in [-0.3, -0.25) is 9.36 Å². The van der Waals surface area contributed by atoms with Gasteiger partial charge >= 0.3 is 12.1 Å². The molecule has 0 aliphatic heterocycles. The van der Waals surface area contributed by atoms with Crippen molar-refractivity contribution in [3.8, 4) is 22.9 Å². The quantitative estimate of drug-likeness (QED) is 0.0154. The van der Waals surface area contributed by atoms with Crippen molar-refractivity contribution < 1.29 is 48.0 Å². The minimum atomic E-state index is -1.09. The van der Waals surface area contributed by atoms with Crippen LogP contribution in [0.25, 0.3) is 22.2 Å². The van der Waals surface area contributed by atoms with Gasteiger partial charge < -0.3 is 34.3 Å². The Hall–Kier alpha value is -7.21. The molecule has 0 saturated carbocycles. The third-order valence-corrected chi connectivity index (χ3v) is 7.57. The molecule has 0 fully saturated rings. The SMILES string of the molecule is CCOc1nc2cccc(C(=O)OC(C)OC=O)c2n1Cc1ccc(-c2ccccc2/C(N)=N/N(N)COC(=O)Oc2ccc(CO[N+](=O)[O-])cc2)cc1. The van der Waals surface area contributed by atoms with Crippen molar-refractivity contribution in [1.82, 2.24) is 14.7 Å². The van der Waals surface area contributed by atoms with E-state index in [-0.39, 0.29) is 36.8 Å². The number of amidine groups is 1. The lowest BCUT2D eigenvalue weighted by molar-refractivity contribution is -0.763. The van der Waals surface area contributed by atoms with E-state index >= 15 is 0 Å². The zero-order valence-electron chi connectivity index (χ0n) is 29.0. The number of hydrogen-bond acceptors (Lipinski definition) is 15. The van der Waals surface area contributed by atoms with E-state index in [4.69, 9.17) is 35.3 Å². The minimum absolute atomic E-state index is 0.0418. The first-order chi connectivity index (χ1) is 26.1. The van der Waals surface area contributed by atoms with Gasteiger partial charge in [-0.15, -0.1) is 15.2 Å². The van der Waals surface area contributed by atoms with Crippen molar-refractivity contribution in [3.05, 3.63) is 123 Å². The van der Waals surface area contributed by atoms with Crippen LogP contribution in [0.5, 0.6) is 11.8 Å². The van der Waals surface area contributed by atoms with E-state index in [1.807, 2.05) is 43.3 Å². The van der Waals surface area contributed by atoms with Crippen LogP contribution in [0.2, 0.25) is 0 Å². The van der Waals surface area contributed by atoms with Crippen LogP contribution in [0.3, 0.4) is 0 Å². The number of aromatic nitrogens is 2. The number of benzene rings is 4. The van der Waals surface area contributed by atoms with Gasteiger partial charge in [0.15, 0.2) is 12.6 Å². The van der Waals surface area contributed by atoms with Crippen LogP contribution in [0.4, 0.5) is 4.79 Å². The lowest BCUT2D eigenvalue weighted by Gasteiger charge is -2.16. The average Bonchev–Trinajstić information content (AvgIpc) is 3.50. The molecule has 0 bridgehead atoms. The highest BCUT2D eigenvalue weighted by molar-refractivity contribution is 6.03. The maximum atomic E-state index is 13.1. The second kappa shape index (κ2) is 17.8. The Bertz CT molecular complexity index is 2140. The fourth-order valence-corrected chi connectivity index (χ4v) is 5.21. The molecule has 0 spiro atoms. The van der Waals surface area contributed by atoms with Crippen LogP contribution in [0.15, 0.2) is 96.1 Å². The van der Waals surface area contributed by atoms with E-state index in [1.165, 1.54) is 31.2 Å². The number of imidazole rings is 1. The summed E-state index contributed by atoms with van der Waals surface area (Å²) < 4.78 is 27.7. The summed E-state index contributed by atoms with van der Waals surface area (Å²) in [6, 6.07) is 26.0. The number of fused-ring (bicyclic) bond motifs is 1. The van der Waals surface area contributed by atoms with Crippen LogP contribution in [0.1, 0.15) is 40.9 Å². The molecule has 0 aliphatic rings. The summed E-state index contributed by atoms with van der Waals surface area (Å²) in [7, 11) is 0. The Morgan fingerprint density at radius 2 is 1.70 bits per heavy atom. The Balaban J connectivity index is 1.27. The minimum Gasteiger partial charge on any atom is -0.465 e. The number of hydrazine groups is 1. The Morgan fingerprint density at radius 1 is 1.00 bits per heavy atom. The van der Waals surface area contributed by atoms with E-state index in [0.717, 1.165) is 21.8 Å². The average molecular weight is 742 g/mol. The zero-order valence-corrected chi connectivity index (χ0v) is 29.0. The molecule has 18 heteroatoms. The molecule has 18 nitrogen and oxygen atoms in total. The van der Waals surface area contributed by atoms with Crippen LogP contribution >= 0.6 is 0 Å². The first-order valence-electron chi connectivity index (χ1n) is 16.2. The maximum Gasteiger partial charge on any atom is 0.515 e. The van der Waals surface area contributed by atoms with Gasteiger partial charge in [-0.25, -0.2) is 15.4 Å². The van der Waals surface area contributed by atoms with Gasteiger partial charge in [-0.1, -0.05) is 66.7 Å². The fourth-order valence-electron chi connectivity index (χ4n) is 5.21. The molecule has 280 valence electrons. The number of nitrogens with two attached hydrogens (primary N) is 2. The highest BCUT2D eigenvalue weighted by Gasteiger charge is 2.22. The van der Waals surface area contributed by atoms with E-state index in [1.54, 1.807) is 34.9 Å². The van der Waals surface area contributed by atoms with Gasteiger partial charge in [0.25, 0.3) is 17.6 Å². The van der Waals surface area contributed by atoms with E-state index in [9.17, 15) is 24.5 Å². The predicted octanol–water partition coefficient (Wildman–Crippen LogP) is 4.50. The second-order valence-corrected chi connectivity index (χ2v) is 11.2. The Morgan fingerprint density at radius 3 is 2.41 bits per heavy atom. The molecule has 0 aliphatic carbocycles. The number of nitrogens with zero attached hydrogens (tertiary/aromatic N) is 5. The van der Waals surface area contributed by atoms with Crippen molar-refractivity contribution in [2.75, 3.05) is 13.3 Å². The molecular weight excluding hydrogens is 706 g/mol. The number of rotatable bonds is 17.